The molecule has 0 saturated heterocycles. The van der Waals surface area contributed by atoms with Crippen molar-refractivity contribution in [3.63, 3.8) is 0 Å². The van der Waals surface area contributed by atoms with Crippen LogP contribution in [0.25, 0.3) is 0 Å². The van der Waals surface area contributed by atoms with Gasteiger partial charge in [-0.2, -0.15) is 0 Å². The molecule has 2 rings (SSSR count). The van der Waals surface area contributed by atoms with Crippen LogP contribution in [0.2, 0.25) is 18.6 Å². The Morgan fingerprint density at radius 3 is 2.85 bits per heavy atom. The van der Waals surface area contributed by atoms with Crippen LogP contribution in [0.1, 0.15) is 24.0 Å². The average molecular weight is 454 g/mol. The van der Waals surface area contributed by atoms with Gasteiger partial charge in [0.25, 0.3) is 0 Å². The molecule has 0 aromatic heterocycles. The maximum Gasteiger partial charge on any atom is 0.396 e. The van der Waals surface area contributed by atoms with Crippen molar-refractivity contribution in [2.24, 2.45) is 0 Å². The molecule has 0 radical (unpaired) electrons. The number of hydrogen-bond acceptors (Lipinski definition) is 4. The van der Waals surface area contributed by atoms with Gasteiger partial charge in [-0.3, -0.25) is 0 Å². The Morgan fingerprint density at radius 2 is 2.15 bits per heavy atom. The monoisotopic (exact) mass is 452 g/mol. The molecule has 1 aliphatic rings. The van der Waals surface area contributed by atoms with Gasteiger partial charge < -0.3 is 13.6 Å². The van der Waals surface area contributed by atoms with Crippen LogP contribution in [0.15, 0.2) is 30.9 Å². The third-order valence-electron chi connectivity index (χ3n) is 4.10. The average Bonchev–Trinajstić information content (AvgIpc) is 2.57. The van der Waals surface area contributed by atoms with E-state index in [-0.39, 0.29) is 0 Å². The van der Waals surface area contributed by atoms with Crippen molar-refractivity contribution in [3.05, 3.63) is 42.0 Å². The lowest BCUT2D eigenvalue weighted by Gasteiger charge is -2.33. The summed E-state index contributed by atoms with van der Waals surface area (Å²) in [4.78, 5) is 11.1. The van der Waals surface area contributed by atoms with Crippen LogP contribution in [0.5, 0.6) is 5.75 Å². The number of benzene rings is 1. The molecule has 9 heteroatoms. The summed E-state index contributed by atoms with van der Waals surface area (Å²) < 4.78 is 17.2. The lowest BCUT2D eigenvalue weighted by Crippen LogP contribution is -2.44. The van der Waals surface area contributed by atoms with Crippen molar-refractivity contribution >= 4 is 53.8 Å². The van der Waals surface area contributed by atoms with Crippen molar-refractivity contribution < 1.29 is 18.4 Å². The second-order valence-electron chi connectivity index (χ2n) is 6.41. The number of rotatable bonds is 9. The fraction of sp³-hybridized carbons (Fsp3) is 0.471. The predicted molar refractivity (Wildman–Crippen MR) is 110 cm³/mol. The van der Waals surface area contributed by atoms with Crippen molar-refractivity contribution in [1.29, 1.82) is 0 Å². The van der Waals surface area contributed by atoms with E-state index in [1.165, 1.54) is 5.56 Å². The second kappa shape index (κ2) is 9.62. The number of fused-ring (bicyclic) bond motifs is 1. The molecule has 4 nitrogen and oxygen atoms in total. The zero-order chi connectivity index (χ0) is 19.2. The van der Waals surface area contributed by atoms with E-state index >= 15 is 0 Å². The molecule has 1 aromatic carbocycles. The normalized spacial score (nSPS) is 19.4. The maximum absolute atomic E-state index is 11.1. The molecule has 0 spiro atoms. The van der Waals surface area contributed by atoms with Crippen LogP contribution in [0.4, 0.5) is 0 Å². The van der Waals surface area contributed by atoms with Gasteiger partial charge in [0.05, 0.1) is 13.2 Å². The Labute approximate surface area is 170 Å². The lowest BCUT2D eigenvalue weighted by molar-refractivity contribution is -0.137. The number of esters is 1. The molecule has 0 amide bonds. The third kappa shape index (κ3) is 7.25. The Morgan fingerprint density at radius 1 is 1.38 bits per heavy atom. The van der Waals surface area contributed by atoms with E-state index in [1.807, 2.05) is 12.6 Å². The largest absolute Gasteiger partial charge is 0.520 e. The number of carbonyl (C=O) groups is 1. The molecule has 1 atom stereocenters. The molecule has 1 heterocycles. The van der Waals surface area contributed by atoms with Crippen molar-refractivity contribution in [1.82, 2.24) is 0 Å². The summed E-state index contributed by atoms with van der Waals surface area (Å²) >= 11 is 17.8. The van der Waals surface area contributed by atoms with Gasteiger partial charge in [0.15, 0.2) is 0 Å². The summed E-state index contributed by atoms with van der Waals surface area (Å²) in [7, 11) is -2.30. The topological polar surface area (TPSA) is 44.8 Å². The minimum absolute atomic E-state index is 0.346. The number of halogens is 3. The highest BCUT2D eigenvalue weighted by atomic mass is 35.8. The van der Waals surface area contributed by atoms with Crippen molar-refractivity contribution in [3.8, 4) is 5.75 Å². The highest BCUT2D eigenvalue weighted by molar-refractivity contribution is 7.64. The molecule has 0 aliphatic carbocycles. The van der Waals surface area contributed by atoms with E-state index in [2.05, 4.69) is 18.7 Å². The molecule has 1 aromatic rings. The first kappa shape index (κ1) is 21.8. The van der Waals surface area contributed by atoms with Gasteiger partial charge in [-0.15, -0.1) is 33.2 Å². The van der Waals surface area contributed by atoms with E-state index in [1.54, 1.807) is 0 Å². The quantitative estimate of drug-likeness (QED) is 0.166. The zero-order valence-corrected chi connectivity index (χ0v) is 19.0. The summed E-state index contributed by atoms with van der Waals surface area (Å²) in [6, 6.07) is 5.03. The standard InChI is InChI=1S/C17H23Cl3O4Si2/c1-3-17(21)22-9-5-10-25(2)23-13-15-12-14(7-8-16(15)24-25)6-4-11-26(18,19)20/h3,7-8,12H,1,4-6,9-11,13H2,2H3. The number of ether oxygens (including phenoxy) is 1. The van der Waals surface area contributed by atoms with E-state index < -0.39 is 20.5 Å². The van der Waals surface area contributed by atoms with Crippen LogP contribution in [0.3, 0.4) is 0 Å². The number of aryl methyl sites for hydroxylation is 1. The van der Waals surface area contributed by atoms with E-state index in [0.717, 1.165) is 36.3 Å². The predicted octanol–water partition coefficient (Wildman–Crippen LogP) is 5.37. The van der Waals surface area contributed by atoms with Crippen molar-refractivity contribution in [2.75, 3.05) is 6.61 Å². The lowest BCUT2D eigenvalue weighted by atomic mass is 10.1. The highest BCUT2D eigenvalue weighted by Gasteiger charge is 2.37. The van der Waals surface area contributed by atoms with E-state index in [4.69, 9.17) is 46.8 Å². The van der Waals surface area contributed by atoms with Gasteiger partial charge in [0, 0.05) is 17.7 Å². The summed E-state index contributed by atoms with van der Waals surface area (Å²) in [6.07, 6.45) is 3.60. The fourth-order valence-corrected chi connectivity index (χ4v) is 6.73. The van der Waals surface area contributed by atoms with E-state index in [0.29, 0.717) is 25.7 Å². The molecular weight excluding hydrogens is 431 g/mol. The second-order valence-corrected chi connectivity index (χ2v) is 18.9. The molecule has 144 valence electrons. The Balaban J connectivity index is 1.86. The molecule has 26 heavy (non-hydrogen) atoms. The highest BCUT2D eigenvalue weighted by Crippen LogP contribution is 2.33. The van der Waals surface area contributed by atoms with Gasteiger partial charge in [-0.25, -0.2) is 4.79 Å². The minimum atomic E-state index is -2.55. The van der Waals surface area contributed by atoms with Crippen LogP contribution in [-0.4, -0.2) is 27.1 Å². The summed E-state index contributed by atoms with van der Waals surface area (Å²) in [5, 5.41) is 0. The smallest absolute Gasteiger partial charge is 0.396 e. The number of carbonyl (C=O) groups excluding carboxylic acids is 1. The Kier molecular flexibility index (Phi) is 8.06. The zero-order valence-electron chi connectivity index (χ0n) is 14.7. The maximum atomic E-state index is 11.1. The first-order valence-corrected chi connectivity index (χ1v) is 16.3. The fourth-order valence-electron chi connectivity index (χ4n) is 2.73. The Bertz CT molecular complexity index is 651. The summed E-state index contributed by atoms with van der Waals surface area (Å²) in [5.74, 6) is 0.477. The molecule has 0 N–H and O–H groups in total. The molecule has 1 unspecified atom stereocenters. The summed E-state index contributed by atoms with van der Waals surface area (Å²) in [5.41, 5.74) is 2.25. The van der Waals surface area contributed by atoms with Gasteiger partial charge in [0.1, 0.15) is 5.75 Å². The first-order chi connectivity index (χ1) is 12.2. The van der Waals surface area contributed by atoms with Gasteiger partial charge in [-0.1, -0.05) is 12.6 Å². The molecular formula is C17H23Cl3O4Si2. The van der Waals surface area contributed by atoms with Gasteiger partial charge >= 0.3 is 20.5 Å². The molecule has 0 saturated carbocycles. The summed E-state index contributed by atoms with van der Waals surface area (Å²) in [6.45, 7) is 6.29. The molecule has 0 fully saturated rings. The van der Waals surface area contributed by atoms with Crippen LogP contribution < -0.4 is 4.43 Å². The van der Waals surface area contributed by atoms with Gasteiger partial charge in [-0.05, 0) is 49.5 Å². The molecule has 0 bridgehead atoms. The van der Waals surface area contributed by atoms with Crippen LogP contribution >= 0.6 is 33.2 Å². The van der Waals surface area contributed by atoms with Crippen LogP contribution in [0, 0.1) is 0 Å². The third-order valence-corrected chi connectivity index (χ3v) is 9.39. The van der Waals surface area contributed by atoms with E-state index in [9.17, 15) is 4.79 Å². The SMILES string of the molecule is C=CC(=O)OCCC[Si]1(C)OCc2cc(CCC[Si](Cl)(Cl)Cl)ccc2O1. The minimum Gasteiger partial charge on any atom is -0.520 e. The molecule has 1 aliphatic heterocycles. The van der Waals surface area contributed by atoms with Crippen molar-refractivity contribution in [2.45, 2.75) is 44.5 Å². The van der Waals surface area contributed by atoms with Crippen LogP contribution in [-0.2, 0) is 27.0 Å². The Hall–Kier alpha value is -0.506. The number of hydrogen-bond donors (Lipinski definition) is 0. The first-order valence-electron chi connectivity index (χ1n) is 8.51. The van der Waals surface area contributed by atoms with Gasteiger partial charge in [0.2, 0.25) is 0 Å².